The van der Waals surface area contributed by atoms with E-state index in [1.54, 1.807) is 20.0 Å². The van der Waals surface area contributed by atoms with E-state index in [4.69, 9.17) is 5.73 Å². The maximum absolute atomic E-state index is 13.7. The molecule has 0 aliphatic rings. The molecule has 86 valence electrons. The second-order valence-corrected chi connectivity index (χ2v) is 3.67. The Morgan fingerprint density at radius 3 is 2.81 bits per heavy atom. The van der Waals surface area contributed by atoms with Crippen LogP contribution in [-0.4, -0.2) is 24.4 Å². The molecule has 0 saturated heterocycles. The maximum atomic E-state index is 13.7. The van der Waals surface area contributed by atoms with Crippen molar-refractivity contribution >= 4 is 11.6 Å². The number of carbonyl (C=O) groups is 1. The van der Waals surface area contributed by atoms with Crippen LogP contribution in [0.15, 0.2) is 24.8 Å². The van der Waals surface area contributed by atoms with Gasteiger partial charge in [-0.05, 0) is 24.6 Å². The van der Waals surface area contributed by atoms with E-state index in [1.807, 2.05) is 0 Å². The van der Waals surface area contributed by atoms with E-state index in [0.717, 1.165) is 0 Å². The smallest absolute Gasteiger partial charge is 0.256 e. The highest BCUT2D eigenvalue weighted by Crippen LogP contribution is 2.18. The van der Waals surface area contributed by atoms with Crippen LogP contribution in [0.1, 0.15) is 15.9 Å². The number of rotatable bonds is 3. The van der Waals surface area contributed by atoms with Gasteiger partial charge in [-0.1, -0.05) is 6.08 Å². The molecule has 0 aliphatic heterocycles. The van der Waals surface area contributed by atoms with Gasteiger partial charge in [0.2, 0.25) is 0 Å². The Morgan fingerprint density at radius 1 is 1.62 bits per heavy atom. The summed E-state index contributed by atoms with van der Waals surface area (Å²) in [6, 6.07) is 2.85. The molecule has 1 amide bonds. The first-order chi connectivity index (χ1) is 7.47. The molecule has 0 radical (unpaired) electrons. The van der Waals surface area contributed by atoms with Crippen molar-refractivity contribution in [3.05, 3.63) is 41.7 Å². The van der Waals surface area contributed by atoms with Gasteiger partial charge >= 0.3 is 0 Å². The minimum absolute atomic E-state index is 0.00171. The molecule has 0 unspecified atom stereocenters. The number of nitrogens with zero attached hydrogens (tertiary/aromatic N) is 1. The van der Waals surface area contributed by atoms with Gasteiger partial charge in [0.1, 0.15) is 5.82 Å². The molecule has 1 rings (SSSR count). The Labute approximate surface area is 94.4 Å². The molecule has 16 heavy (non-hydrogen) atoms. The summed E-state index contributed by atoms with van der Waals surface area (Å²) in [5, 5.41) is 0. The van der Waals surface area contributed by atoms with Crippen LogP contribution in [0.4, 0.5) is 10.1 Å². The summed E-state index contributed by atoms with van der Waals surface area (Å²) < 4.78 is 13.7. The number of aryl methyl sites for hydroxylation is 1. The molecule has 0 fully saturated rings. The minimum atomic E-state index is -0.518. The van der Waals surface area contributed by atoms with Crippen LogP contribution in [0.25, 0.3) is 0 Å². The van der Waals surface area contributed by atoms with Crippen molar-refractivity contribution in [3.8, 4) is 0 Å². The molecule has 0 bridgehead atoms. The van der Waals surface area contributed by atoms with Gasteiger partial charge in [-0.2, -0.15) is 0 Å². The first-order valence-corrected chi connectivity index (χ1v) is 4.89. The molecule has 4 heteroatoms. The van der Waals surface area contributed by atoms with Crippen molar-refractivity contribution in [1.29, 1.82) is 0 Å². The predicted molar refractivity (Wildman–Crippen MR) is 62.7 cm³/mol. The molecule has 0 atom stereocenters. The van der Waals surface area contributed by atoms with Crippen molar-refractivity contribution < 1.29 is 9.18 Å². The zero-order valence-electron chi connectivity index (χ0n) is 9.46. The summed E-state index contributed by atoms with van der Waals surface area (Å²) in [6.45, 7) is 5.47. The van der Waals surface area contributed by atoms with Gasteiger partial charge in [0, 0.05) is 19.3 Å². The zero-order valence-corrected chi connectivity index (χ0v) is 9.46. The second-order valence-electron chi connectivity index (χ2n) is 3.67. The van der Waals surface area contributed by atoms with Gasteiger partial charge < -0.3 is 10.6 Å². The molecule has 0 spiro atoms. The summed E-state index contributed by atoms with van der Waals surface area (Å²) >= 11 is 0. The SMILES string of the molecule is C=CCN(C)C(=O)c1cc(N)cc(C)c1F. The molecular weight excluding hydrogens is 207 g/mol. The van der Waals surface area contributed by atoms with Crippen molar-refractivity contribution in [2.75, 3.05) is 19.3 Å². The lowest BCUT2D eigenvalue weighted by molar-refractivity contribution is 0.0805. The number of likely N-dealkylation sites (N-methyl/N-ethyl adjacent to an activating group) is 1. The van der Waals surface area contributed by atoms with Crippen LogP contribution < -0.4 is 5.73 Å². The highest BCUT2D eigenvalue weighted by molar-refractivity contribution is 5.95. The number of benzene rings is 1. The molecule has 1 aromatic carbocycles. The van der Waals surface area contributed by atoms with Crippen LogP contribution in [-0.2, 0) is 0 Å². The predicted octanol–water partition coefficient (Wildman–Crippen LogP) is 1.97. The number of hydrogen-bond donors (Lipinski definition) is 1. The topological polar surface area (TPSA) is 46.3 Å². The highest BCUT2D eigenvalue weighted by atomic mass is 19.1. The van der Waals surface area contributed by atoms with E-state index in [2.05, 4.69) is 6.58 Å². The van der Waals surface area contributed by atoms with Crippen molar-refractivity contribution in [1.82, 2.24) is 4.90 Å². The Kier molecular flexibility index (Phi) is 3.66. The van der Waals surface area contributed by atoms with Gasteiger partial charge in [0.25, 0.3) is 5.91 Å². The summed E-state index contributed by atoms with van der Waals surface area (Å²) in [6.07, 6.45) is 1.58. The van der Waals surface area contributed by atoms with E-state index in [1.165, 1.54) is 17.0 Å². The summed E-state index contributed by atoms with van der Waals surface area (Å²) in [5.41, 5.74) is 6.34. The fourth-order valence-corrected chi connectivity index (χ4v) is 1.44. The summed E-state index contributed by atoms with van der Waals surface area (Å²) in [7, 11) is 1.59. The Bertz CT molecular complexity index is 429. The molecule has 2 N–H and O–H groups in total. The van der Waals surface area contributed by atoms with E-state index >= 15 is 0 Å². The number of hydrogen-bond acceptors (Lipinski definition) is 2. The van der Waals surface area contributed by atoms with Crippen molar-refractivity contribution in [2.45, 2.75) is 6.92 Å². The third kappa shape index (κ3) is 2.39. The summed E-state index contributed by atoms with van der Waals surface area (Å²) in [5.74, 6) is -0.914. The van der Waals surface area contributed by atoms with Gasteiger partial charge in [-0.15, -0.1) is 6.58 Å². The molecule has 0 heterocycles. The lowest BCUT2D eigenvalue weighted by Crippen LogP contribution is -2.27. The average molecular weight is 222 g/mol. The van der Waals surface area contributed by atoms with Gasteiger partial charge in [-0.3, -0.25) is 4.79 Å². The molecule has 1 aromatic rings. The number of nitrogen functional groups attached to an aromatic ring is 1. The lowest BCUT2D eigenvalue weighted by atomic mass is 10.1. The second kappa shape index (κ2) is 4.79. The molecule has 0 aliphatic carbocycles. The van der Waals surface area contributed by atoms with Crippen molar-refractivity contribution in [2.24, 2.45) is 0 Å². The normalized spacial score (nSPS) is 9.94. The number of amides is 1. The quantitative estimate of drug-likeness (QED) is 0.628. The van der Waals surface area contributed by atoms with Crippen LogP contribution in [0.3, 0.4) is 0 Å². The van der Waals surface area contributed by atoms with Crippen LogP contribution >= 0.6 is 0 Å². The van der Waals surface area contributed by atoms with E-state index in [-0.39, 0.29) is 5.56 Å². The number of nitrogens with two attached hydrogens (primary N) is 1. The van der Waals surface area contributed by atoms with E-state index in [0.29, 0.717) is 17.8 Å². The average Bonchev–Trinajstić information content (AvgIpc) is 2.22. The Hall–Kier alpha value is -1.84. The maximum Gasteiger partial charge on any atom is 0.256 e. The largest absolute Gasteiger partial charge is 0.399 e. The van der Waals surface area contributed by atoms with Crippen LogP contribution in [0, 0.1) is 12.7 Å². The van der Waals surface area contributed by atoms with Gasteiger partial charge in [-0.25, -0.2) is 4.39 Å². The zero-order chi connectivity index (χ0) is 12.3. The summed E-state index contributed by atoms with van der Waals surface area (Å²) in [4.78, 5) is 13.2. The van der Waals surface area contributed by atoms with Crippen molar-refractivity contribution in [3.63, 3.8) is 0 Å². The molecule has 0 aromatic heterocycles. The van der Waals surface area contributed by atoms with Crippen LogP contribution in [0.5, 0.6) is 0 Å². The molecule has 0 saturated carbocycles. The highest BCUT2D eigenvalue weighted by Gasteiger charge is 2.17. The molecule has 3 nitrogen and oxygen atoms in total. The minimum Gasteiger partial charge on any atom is -0.399 e. The fourth-order valence-electron chi connectivity index (χ4n) is 1.44. The third-order valence-corrected chi connectivity index (χ3v) is 2.26. The third-order valence-electron chi connectivity index (χ3n) is 2.26. The van der Waals surface area contributed by atoms with Gasteiger partial charge in [0.05, 0.1) is 5.56 Å². The van der Waals surface area contributed by atoms with Crippen LogP contribution in [0.2, 0.25) is 0 Å². The first-order valence-electron chi connectivity index (χ1n) is 4.89. The Morgan fingerprint density at radius 2 is 2.25 bits per heavy atom. The standard InChI is InChI=1S/C12H15FN2O/c1-4-5-15(3)12(16)10-7-9(14)6-8(2)11(10)13/h4,6-7H,1,5,14H2,2-3H3. The molecular formula is C12H15FN2O. The van der Waals surface area contributed by atoms with Gasteiger partial charge in [0.15, 0.2) is 0 Å². The number of halogens is 1. The fraction of sp³-hybridized carbons (Fsp3) is 0.250. The number of carbonyl (C=O) groups excluding carboxylic acids is 1. The first kappa shape index (κ1) is 12.2. The number of anilines is 1. The Balaban J connectivity index is 3.12. The van der Waals surface area contributed by atoms with E-state index < -0.39 is 11.7 Å². The lowest BCUT2D eigenvalue weighted by Gasteiger charge is -2.16. The monoisotopic (exact) mass is 222 g/mol. The van der Waals surface area contributed by atoms with E-state index in [9.17, 15) is 9.18 Å².